The van der Waals surface area contributed by atoms with Gasteiger partial charge in [0.05, 0.1) is 0 Å². The number of ether oxygens (including phenoxy) is 2. The zero-order valence-corrected chi connectivity index (χ0v) is 10.4. The van der Waals surface area contributed by atoms with Crippen molar-refractivity contribution in [2.24, 2.45) is 0 Å². The average molecular weight is 263 g/mol. The van der Waals surface area contributed by atoms with Crippen molar-refractivity contribution in [3.05, 3.63) is 33.8 Å². The zero-order chi connectivity index (χ0) is 12.6. The number of aryl methyl sites for hydroxylation is 1. The number of halogens is 3. The first-order valence-electron chi connectivity index (χ1n) is 5.23. The molecule has 0 aromatic heterocycles. The van der Waals surface area contributed by atoms with E-state index in [9.17, 15) is 8.78 Å². The minimum atomic E-state index is -2.93. The van der Waals surface area contributed by atoms with Crippen molar-refractivity contribution in [1.29, 1.82) is 0 Å². The Morgan fingerprint density at radius 1 is 1.47 bits per heavy atom. The summed E-state index contributed by atoms with van der Waals surface area (Å²) in [5, 5.41) is 0.323. The fraction of sp³-hybridized carbons (Fsp3) is 0.500. The van der Waals surface area contributed by atoms with E-state index >= 15 is 0 Å². The lowest BCUT2D eigenvalue weighted by atomic mass is 10.0. The molecule has 94 valence electrons. The molecule has 0 unspecified atom stereocenters. The van der Waals surface area contributed by atoms with Gasteiger partial charge in [-0.15, -0.1) is 0 Å². The Balaban J connectivity index is 2.44. The first kappa shape index (κ1) is 12.7. The Morgan fingerprint density at radius 2 is 2.18 bits per heavy atom. The highest BCUT2D eigenvalue weighted by Gasteiger charge is 2.50. The van der Waals surface area contributed by atoms with Crippen LogP contribution in [0.1, 0.15) is 22.8 Å². The number of fused-ring (bicyclic) bond motifs is 1. The van der Waals surface area contributed by atoms with Gasteiger partial charge in [-0.1, -0.05) is 17.7 Å². The summed E-state index contributed by atoms with van der Waals surface area (Å²) in [6.07, 6.45) is -1.65. The average Bonchev–Trinajstić information content (AvgIpc) is 2.53. The molecule has 0 amide bonds. The van der Waals surface area contributed by atoms with Crippen molar-refractivity contribution in [3.8, 4) is 0 Å². The standard InChI is InChI=1S/C12H13ClF2O2/c1-7-3-4-9(13)10-8(7)5-12(14,15)11(10)17-6-16-2/h3-4,11H,5-6H2,1-2H3/t11-/m0/s1. The maximum Gasteiger partial charge on any atom is 0.282 e. The largest absolute Gasteiger partial charge is 0.359 e. The Bertz CT molecular complexity index is 435. The number of methoxy groups -OCH3 is 1. The van der Waals surface area contributed by atoms with E-state index in [0.29, 0.717) is 16.1 Å². The van der Waals surface area contributed by atoms with Crippen molar-refractivity contribution < 1.29 is 18.3 Å². The van der Waals surface area contributed by atoms with Crippen molar-refractivity contribution in [1.82, 2.24) is 0 Å². The third kappa shape index (κ3) is 2.17. The summed E-state index contributed by atoms with van der Waals surface area (Å²) >= 11 is 5.99. The van der Waals surface area contributed by atoms with Gasteiger partial charge in [0.25, 0.3) is 5.92 Å². The van der Waals surface area contributed by atoms with E-state index in [1.807, 2.05) is 0 Å². The van der Waals surface area contributed by atoms with E-state index in [-0.39, 0.29) is 13.2 Å². The number of benzene rings is 1. The molecule has 0 fully saturated rings. The molecule has 0 saturated carbocycles. The van der Waals surface area contributed by atoms with Gasteiger partial charge in [-0.05, 0) is 24.1 Å². The highest BCUT2D eigenvalue weighted by molar-refractivity contribution is 6.31. The molecule has 1 aromatic rings. The van der Waals surface area contributed by atoms with E-state index < -0.39 is 12.0 Å². The lowest BCUT2D eigenvalue weighted by Gasteiger charge is -2.20. The molecule has 0 aliphatic heterocycles. The van der Waals surface area contributed by atoms with Gasteiger partial charge in [-0.3, -0.25) is 0 Å². The van der Waals surface area contributed by atoms with Crippen LogP contribution < -0.4 is 0 Å². The molecule has 1 atom stereocenters. The van der Waals surface area contributed by atoms with Crippen LogP contribution in [0.15, 0.2) is 12.1 Å². The van der Waals surface area contributed by atoms with Crippen molar-refractivity contribution in [3.63, 3.8) is 0 Å². The number of alkyl halides is 2. The Labute approximate surface area is 103 Å². The highest BCUT2D eigenvalue weighted by Crippen LogP contribution is 2.49. The van der Waals surface area contributed by atoms with Gasteiger partial charge in [0, 0.05) is 24.1 Å². The molecular weight excluding hydrogens is 250 g/mol. The van der Waals surface area contributed by atoms with Crippen LogP contribution in [0.2, 0.25) is 5.02 Å². The molecule has 2 rings (SSSR count). The van der Waals surface area contributed by atoms with Gasteiger partial charge < -0.3 is 9.47 Å². The summed E-state index contributed by atoms with van der Waals surface area (Å²) in [7, 11) is 1.39. The monoisotopic (exact) mass is 262 g/mol. The zero-order valence-electron chi connectivity index (χ0n) is 9.60. The van der Waals surface area contributed by atoms with Crippen LogP contribution >= 0.6 is 11.6 Å². The fourth-order valence-electron chi connectivity index (χ4n) is 2.14. The highest BCUT2D eigenvalue weighted by atomic mass is 35.5. The van der Waals surface area contributed by atoms with Crippen molar-refractivity contribution in [2.75, 3.05) is 13.9 Å². The Morgan fingerprint density at radius 3 is 2.82 bits per heavy atom. The van der Waals surface area contributed by atoms with Crippen LogP contribution in [0.5, 0.6) is 0 Å². The summed E-state index contributed by atoms with van der Waals surface area (Å²) in [5.41, 5.74) is 1.80. The second kappa shape index (κ2) is 4.52. The van der Waals surface area contributed by atoms with E-state index in [4.69, 9.17) is 16.3 Å². The minimum Gasteiger partial charge on any atom is -0.359 e. The molecule has 0 spiro atoms. The van der Waals surface area contributed by atoms with Crippen LogP contribution in [0, 0.1) is 6.92 Å². The van der Waals surface area contributed by atoms with E-state index in [1.54, 1.807) is 19.1 Å². The minimum absolute atomic E-state index is 0.177. The lowest BCUT2D eigenvalue weighted by Crippen LogP contribution is -2.25. The Kier molecular flexibility index (Phi) is 3.39. The normalized spacial score (nSPS) is 21.6. The quantitative estimate of drug-likeness (QED) is 0.776. The summed E-state index contributed by atoms with van der Waals surface area (Å²) < 4.78 is 37.4. The molecule has 0 radical (unpaired) electrons. The summed E-state index contributed by atoms with van der Waals surface area (Å²) in [6.45, 7) is 1.62. The maximum absolute atomic E-state index is 13.8. The lowest BCUT2D eigenvalue weighted by molar-refractivity contribution is -0.169. The molecule has 1 aromatic carbocycles. The predicted molar refractivity (Wildman–Crippen MR) is 60.5 cm³/mol. The number of hydrogen-bond donors (Lipinski definition) is 0. The molecular formula is C12H13ClF2O2. The molecule has 0 bridgehead atoms. The third-order valence-electron chi connectivity index (χ3n) is 2.95. The summed E-state index contributed by atoms with van der Waals surface area (Å²) in [4.78, 5) is 0. The first-order chi connectivity index (χ1) is 7.97. The molecule has 0 heterocycles. The van der Waals surface area contributed by atoms with Crippen LogP contribution in [0.25, 0.3) is 0 Å². The van der Waals surface area contributed by atoms with Crippen LogP contribution in [0.4, 0.5) is 8.78 Å². The fourth-order valence-corrected chi connectivity index (χ4v) is 2.42. The predicted octanol–water partition coefficient (Wildman–Crippen LogP) is 3.50. The van der Waals surface area contributed by atoms with E-state index in [1.165, 1.54) is 7.11 Å². The molecule has 1 aliphatic carbocycles. The van der Waals surface area contributed by atoms with Gasteiger partial charge in [-0.2, -0.15) is 0 Å². The van der Waals surface area contributed by atoms with Crippen molar-refractivity contribution >= 4 is 11.6 Å². The van der Waals surface area contributed by atoms with Crippen molar-refractivity contribution in [2.45, 2.75) is 25.4 Å². The van der Waals surface area contributed by atoms with Crippen LogP contribution in [-0.4, -0.2) is 19.8 Å². The van der Waals surface area contributed by atoms with E-state index in [2.05, 4.69) is 4.74 Å². The second-order valence-electron chi connectivity index (χ2n) is 4.15. The molecule has 1 aliphatic rings. The molecule has 2 nitrogen and oxygen atoms in total. The smallest absolute Gasteiger partial charge is 0.282 e. The Hall–Kier alpha value is -0.710. The van der Waals surface area contributed by atoms with Gasteiger partial charge in [0.2, 0.25) is 0 Å². The molecule has 0 N–H and O–H groups in total. The first-order valence-corrected chi connectivity index (χ1v) is 5.61. The third-order valence-corrected chi connectivity index (χ3v) is 3.28. The van der Waals surface area contributed by atoms with Gasteiger partial charge >= 0.3 is 0 Å². The van der Waals surface area contributed by atoms with Gasteiger partial charge in [0.15, 0.2) is 6.10 Å². The topological polar surface area (TPSA) is 18.5 Å². The summed E-state index contributed by atoms with van der Waals surface area (Å²) in [5.74, 6) is -2.93. The SMILES string of the molecule is COCO[C@H]1c2c(Cl)ccc(C)c2CC1(F)F. The molecule has 0 saturated heterocycles. The maximum atomic E-state index is 13.8. The summed E-state index contributed by atoms with van der Waals surface area (Å²) in [6, 6.07) is 3.37. The number of rotatable bonds is 3. The molecule has 17 heavy (non-hydrogen) atoms. The number of hydrogen-bond acceptors (Lipinski definition) is 2. The second-order valence-corrected chi connectivity index (χ2v) is 4.55. The van der Waals surface area contributed by atoms with Crippen LogP contribution in [-0.2, 0) is 15.9 Å². The van der Waals surface area contributed by atoms with Gasteiger partial charge in [0.1, 0.15) is 6.79 Å². The van der Waals surface area contributed by atoms with E-state index in [0.717, 1.165) is 5.56 Å². The van der Waals surface area contributed by atoms with Crippen LogP contribution in [0.3, 0.4) is 0 Å². The van der Waals surface area contributed by atoms with Gasteiger partial charge in [-0.25, -0.2) is 8.78 Å². The molecule has 5 heteroatoms.